The van der Waals surface area contributed by atoms with Gasteiger partial charge in [0.25, 0.3) is 11.8 Å². The van der Waals surface area contributed by atoms with Crippen LogP contribution in [-0.4, -0.2) is 69.1 Å². The maximum absolute atomic E-state index is 14.9. The number of para-hydroxylation sites is 1. The minimum Gasteiger partial charge on any atom is -0.377 e. The van der Waals surface area contributed by atoms with Crippen molar-refractivity contribution in [2.45, 2.75) is 19.1 Å². The number of halogens is 1. The maximum Gasteiger partial charge on any atom is 0.269 e. The summed E-state index contributed by atoms with van der Waals surface area (Å²) in [6.45, 7) is 4.04. The van der Waals surface area contributed by atoms with E-state index < -0.39 is 23.8 Å². The Morgan fingerprint density at radius 1 is 1.05 bits per heavy atom. The molecule has 12 heteroatoms. The number of fused-ring (bicyclic) bond motifs is 2. The molecule has 2 aliphatic heterocycles. The van der Waals surface area contributed by atoms with Crippen molar-refractivity contribution in [3.8, 4) is 11.3 Å². The highest BCUT2D eigenvalue weighted by molar-refractivity contribution is 6.20. The molecule has 0 bridgehead atoms. The zero-order valence-corrected chi connectivity index (χ0v) is 23.6. The number of aromatic nitrogens is 4. The molecule has 0 saturated carbocycles. The Morgan fingerprint density at radius 2 is 1.91 bits per heavy atom. The van der Waals surface area contributed by atoms with Gasteiger partial charge < -0.3 is 20.3 Å². The molecule has 2 aliphatic rings. The molecule has 220 valence electrons. The average Bonchev–Trinajstić information content (AvgIpc) is 3.38. The van der Waals surface area contributed by atoms with Crippen molar-refractivity contribution in [2.75, 3.05) is 30.0 Å². The molecular formula is C32H27FN8O3. The largest absolute Gasteiger partial charge is 0.377 e. The van der Waals surface area contributed by atoms with E-state index in [0.29, 0.717) is 47.0 Å². The second kappa shape index (κ2) is 11.3. The molecule has 1 fully saturated rings. The van der Waals surface area contributed by atoms with E-state index in [0.717, 1.165) is 12.4 Å². The van der Waals surface area contributed by atoms with Crippen molar-refractivity contribution >= 4 is 34.7 Å². The number of carbonyl (C=O) groups is 2. The molecule has 1 unspecified atom stereocenters. The molecule has 5 heterocycles. The van der Waals surface area contributed by atoms with Crippen molar-refractivity contribution in [1.29, 1.82) is 0 Å². The van der Waals surface area contributed by atoms with Crippen LogP contribution in [-0.2, 0) is 9.53 Å². The quantitative estimate of drug-likeness (QED) is 0.320. The predicted molar refractivity (Wildman–Crippen MR) is 162 cm³/mol. The lowest BCUT2D eigenvalue weighted by molar-refractivity contribution is -0.117. The molecule has 44 heavy (non-hydrogen) atoms. The van der Waals surface area contributed by atoms with Crippen molar-refractivity contribution in [3.05, 3.63) is 108 Å². The minimum atomic E-state index is -1.38. The molecule has 0 aliphatic carbocycles. The van der Waals surface area contributed by atoms with Crippen molar-refractivity contribution < 1.29 is 18.7 Å². The number of rotatable bonds is 5. The maximum atomic E-state index is 14.9. The lowest BCUT2D eigenvalue weighted by atomic mass is 10.0. The van der Waals surface area contributed by atoms with Gasteiger partial charge in [0.2, 0.25) is 6.17 Å². The Labute approximate surface area is 251 Å². The monoisotopic (exact) mass is 590 g/mol. The molecule has 2 amide bonds. The molecule has 1 saturated heterocycles. The highest BCUT2D eigenvalue weighted by Crippen LogP contribution is 2.29. The molecule has 0 radical (unpaired) electrons. The van der Waals surface area contributed by atoms with Gasteiger partial charge in [0.1, 0.15) is 22.9 Å². The molecule has 11 nitrogen and oxygen atoms in total. The molecule has 2 atom stereocenters. The van der Waals surface area contributed by atoms with Gasteiger partial charge in [0, 0.05) is 41.8 Å². The van der Waals surface area contributed by atoms with Gasteiger partial charge in [-0.05, 0) is 31.2 Å². The number of ether oxygens (including phenoxy) is 1. The number of morpholine rings is 1. The number of hydrogen-bond acceptors (Lipinski definition) is 8. The zero-order valence-electron chi connectivity index (χ0n) is 23.6. The van der Waals surface area contributed by atoms with Gasteiger partial charge in [0.05, 0.1) is 30.7 Å². The fourth-order valence-electron chi connectivity index (χ4n) is 5.48. The van der Waals surface area contributed by atoms with Gasteiger partial charge in [-0.25, -0.2) is 23.9 Å². The molecule has 5 aromatic rings. The first-order valence-electron chi connectivity index (χ1n) is 14.2. The minimum absolute atomic E-state index is 0.00376. The van der Waals surface area contributed by atoms with E-state index in [1.807, 2.05) is 42.5 Å². The smallest absolute Gasteiger partial charge is 0.269 e. The number of hydrogen-bond donors (Lipinski definition) is 2. The van der Waals surface area contributed by atoms with Gasteiger partial charge in [-0.1, -0.05) is 42.5 Å². The Balaban J connectivity index is 1.26. The van der Waals surface area contributed by atoms with E-state index in [4.69, 9.17) is 4.74 Å². The third-order valence-corrected chi connectivity index (χ3v) is 7.64. The number of benzodiazepines with no additional fused rings is 1. The molecule has 2 N–H and O–H groups in total. The van der Waals surface area contributed by atoms with Crippen LogP contribution in [0.3, 0.4) is 0 Å². The summed E-state index contributed by atoms with van der Waals surface area (Å²) in [7, 11) is 0. The fourth-order valence-corrected chi connectivity index (χ4v) is 5.48. The van der Waals surface area contributed by atoms with Crippen LogP contribution >= 0.6 is 0 Å². The summed E-state index contributed by atoms with van der Waals surface area (Å²) in [5.74, 6) is -1.13. The molecular weight excluding hydrogens is 563 g/mol. The van der Waals surface area contributed by atoms with E-state index in [2.05, 4.69) is 42.5 Å². The second-order valence-corrected chi connectivity index (χ2v) is 10.5. The third-order valence-electron chi connectivity index (χ3n) is 7.64. The summed E-state index contributed by atoms with van der Waals surface area (Å²) in [5, 5.41) is 9.98. The number of nitrogens with one attached hydrogen (secondary N) is 2. The van der Waals surface area contributed by atoms with Crippen LogP contribution < -0.4 is 15.5 Å². The topological polar surface area (TPSA) is 126 Å². The summed E-state index contributed by atoms with van der Waals surface area (Å²) >= 11 is 0. The van der Waals surface area contributed by atoms with Crippen LogP contribution in [0, 0.1) is 5.82 Å². The first kappa shape index (κ1) is 27.3. The lowest BCUT2D eigenvalue weighted by Crippen LogP contribution is -2.44. The van der Waals surface area contributed by atoms with Crippen LogP contribution in [0.15, 0.2) is 90.3 Å². The van der Waals surface area contributed by atoms with Crippen molar-refractivity contribution in [1.82, 2.24) is 24.9 Å². The number of benzene rings is 2. The van der Waals surface area contributed by atoms with Gasteiger partial charge >= 0.3 is 0 Å². The van der Waals surface area contributed by atoms with Crippen LogP contribution in [0.5, 0.6) is 0 Å². The summed E-state index contributed by atoms with van der Waals surface area (Å²) in [5.41, 5.74) is 2.80. The standard InChI is InChI=1S/C32H27FN8O3/c1-19-18-44-16-15-40(19)24-12-11-21(17-35-24)27-25(30-34-13-6-14-41(30)39-27)31(42)38-29-32(43)37-28-22(9-5-10-23(28)33)26(36-29)20-7-3-2-4-8-20/h2-14,17,19,29H,15-16,18H2,1H3,(H,37,43)(H,38,42)/t19?,29-/m1/s1. The number of pyridine rings is 1. The Bertz CT molecular complexity index is 1910. The third kappa shape index (κ3) is 4.94. The van der Waals surface area contributed by atoms with Gasteiger partial charge in [-0.15, -0.1) is 0 Å². The molecule has 7 rings (SSSR count). The average molecular weight is 591 g/mol. The van der Waals surface area contributed by atoms with Crippen molar-refractivity contribution in [2.24, 2.45) is 4.99 Å². The van der Waals surface area contributed by atoms with E-state index in [-0.39, 0.29) is 17.3 Å². The zero-order chi connectivity index (χ0) is 30.2. The van der Waals surface area contributed by atoms with Crippen LogP contribution in [0.4, 0.5) is 15.9 Å². The Morgan fingerprint density at radius 3 is 2.70 bits per heavy atom. The summed E-state index contributed by atoms with van der Waals surface area (Å²) in [6.07, 6.45) is 3.53. The summed E-state index contributed by atoms with van der Waals surface area (Å²) in [4.78, 5) is 43.3. The van der Waals surface area contributed by atoms with Crippen LogP contribution in [0.25, 0.3) is 16.9 Å². The summed E-state index contributed by atoms with van der Waals surface area (Å²) in [6, 6.07) is 19.2. The van der Waals surface area contributed by atoms with Crippen LogP contribution in [0.1, 0.15) is 28.4 Å². The predicted octanol–water partition coefficient (Wildman–Crippen LogP) is 3.70. The number of carbonyl (C=O) groups excluding carboxylic acids is 2. The second-order valence-electron chi connectivity index (χ2n) is 10.5. The van der Waals surface area contributed by atoms with E-state index in [1.54, 1.807) is 36.8 Å². The molecule has 2 aromatic carbocycles. The van der Waals surface area contributed by atoms with Gasteiger partial charge in [0.15, 0.2) is 5.65 Å². The summed E-state index contributed by atoms with van der Waals surface area (Å²) < 4.78 is 22.0. The first-order valence-corrected chi connectivity index (χ1v) is 14.2. The normalized spacial score (nSPS) is 18.3. The van der Waals surface area contributed by atoms with Crippen molar-refractivity contribution in [3.63, 3.8) is 0 Å². The number of aliphatic imine (C=N–C) groups is 1. The van der Waals surface area contributed by atoms with E-state index in [9.17, 15) is 14.0 Å². The SMILES string of the molecule is CC1COCCN1c1ccc(-c2nn3cccnc3c2C(=O)N[C@H]2N=C(c3ccccc3)c3cccc(F)c3NC2=O)cn1. The molecule has 0 spiro atoms. The van der Waals surface area contributed by atoms with Crippen LogP contribution in [0.2, 0.25) is 0 Å². The highest BCUT2D eigenvalue weighted by Gasteiger charge is 2.31. The van der Waals surface area contributed by atoms with Gasteiger partial charge in [-0.2, -0.15) is 5.10 Å². The Kier molecular flexibility index (Phi) is 7.03. The Hall–Kier alpha value is -5.49. The number of nitrogens with zero attached hydrogens (tertiary/aromatic N) is 6. The fraction of sp³-hybridized carbons (Fsp3) is 0.188. The number of amides is 2. The lowest BCUT2D eigenvalue weighted by Gasteiger charge is -2.34. The van der Waals surface area contributed by atoms with E-state index in [1.165, 1.54) is 10.6 Å². The van der Waals surface area contributed by atoms with E-state index >= 15 is 0 Å². The number of anilines is 2. The first-order chi connectivity index (χ1) is 21.5. The highest BCUT2D eigenvalue weighted by atomic mass is 19.1. The van der Waals surface area contributed by atoms with Gasteiger partial charge in [-0.3, -0.25) is 9.59 Å². The molecule has 3 aromatic heterocycles.